The van der Waals surface area contributed by atoms with Crippen molar-refractivity contribution in [2.75, 3.05) is 26.6 Å². The number of halogens is 1. The molecular weight excluding hydrogens is 294 g/mol. The Hall–Kier alpha value is -2.21. The molecular formula is C14H16ClN3O3. The monoisotopic (exact) mass is 309 g/mol. The Kier molecular flexibility index (Phi) is 5.05. The molecule has 0 saturated carbocycles. The third-order valence-electron chi connectivity index (χ3n) is 2.87. The Morgan fingerprint density at radius 1 is 1.05 bits per heavy atom. The van der Waals surface area contributed by atoms with E-state index in [2.05, 4.69) is 15.3 Å². The number of rotatable bonds is 6. The second-order valence-electron chi connectivity index (χ2n) is 4.07. The molecule has 1 N–H and O–H groups in total. The van der Waals surface area contributed by atoms with E-state index < -0.39 is 0 Å². The van der Waals surface area contributed by atoms with Crippen LogP contribution in [0.1, 0.15) is 5.56 Å². The lowest BCUT2D eigenvalue weighted by molar-refractivity contribution is 0.363. The smallest absolute Gasteiger partial charge is 0.225 e. The summed E-state index contributed by atoms with van der Waals surface area (Å²) in [7, 11) is 4.68. The SMILES string of the molecule is COc1ccc(NCc2c(OC)ncnc2OC)cc1Cl. The minimum absolute atomic E-state index is 0.440. The third kappa shape index (κ3) is 3.46. The van der Waals surface area contributed by atoms with Crippen LogP contribution in [0.15, 0.2) is 24.5 Å². The van der Waals surface area contributed by atoms with E-state index in [9.17, 15) is 0 Å². The number of ether oxygens (including phenoxy) is 3. The highest BCUT2D eigenvalue weighted by molar-refractivity contribution is 6.32. The first-order valence-corrected chi connectivity index (χ1v) is 6.56. The second kappa shape index (κ2) is 6.99. The van der Waals surface area contributed by atoms with Gasteiger partial charge in [0.2, 0.25) is 11.8 Å². The topological polar surface area (TPSA) is 65.5 Å². The third-order valence-corrected chi connectivity index (χ3v) is 3.17. The van der Waals surface area contributed by atoms with Crippen molar-refractivity contribution in [2.45, 2.75) is 6.54 Å². The van der Waals surface area contributed by atoms with Crippen molar-refractivity contribution >= 4 is 17.3 Å². The number of hydrogen-bond donors (Lipinski definition) is 1. The van der Waals surface area contributed by atoms with Crippen LogP contribution in [0, 0.1) is 0 Å². The van der Waals surface area contributed by atoms with E-state index in [1.807, 2.05) is 6.07 Å². The molecule has 21 heavy (non-hydrogen) atoms. The molecule has 1 aromatic carbocycles. The maximum absolute atomic E-state index is 6.09. The van der Waals surface area contributed by atoms with Crippen LogP contribution >= 0.6 is 11.6 Å². The predicted octanol–water partition coefficient (Wildman–Crippen LogP) is 2.77. The number of hydrogen-bond acceptors (Lipinski definition) is 6. The zero-order valence-corrected chi connectivity index (χ0v) is 12.8. The molecule has 7 heteroatoms. The van der Waals surface area contributed by atoms with Gasteiger partial charge in [0.25, 0.3) is 0 Å². The Labute approximate surface area is 128 Å². The summed E-state index contributed by atoms with van der Waals surface area (Å²) in [5.41, 5.74) is 1.57. The van der Waals surface area contributed by atoms with Gasteiger partial charge in [0, 0.05) is 5.69 Å². The van der Waals surface area contributed by atoms with Crippen molar-refractivity contribution in [2.24, 2.45) is 0 Å². The molecule has 0 saturated heterocycles. The first-order valence-electron chi connectivity index (χ1n) is 6.18. The Bertz CT molecular complexity index is 600. The lowest BCUT2D eigenvalue weighted by atomic mass is 10.2. The van der Waals surface area contributed by atoms with Gasteiger partial charge in [-0.05, 0) is 18.2 Å². The van der Waals surface area contributed by atoms with Gasteiger partial charge in [-0.2, -0.15) is 0 Å². The van der Waals surface area contributed by atoms with E-state index in [0.717, 1.165) is 11.3 Å². The summed E-state index contributed by atoms with van der Waals surface area (Å²) in [6.45, 7) is 0.440. The molecule has 1 aromatic heterocycles. The summed E-state index contributed by atoms with van der Waals surface area (Å²) in [5, 5.41) is 3.76. The number of benzene rings is 1. The minimum Gasteiger partial charge on any atom is -0.495 e. The van der Waals surface area contributed by atoms with Gasteiger partial charge in [0.1, 0.15) is 12.1 Å². The molecule has 0 aliphatic rings. The van der Waals surface area contributed by atoms with Crippen LogP contribution in [0.2, 0.25) is 5.02 Å². The highest BCUT2D eigenvalue weighted by Gasteiger charge is 2.12. The summed E-state index contributed by atoms with van der Waals surface area (Å²) in [6.07, 6.45) is 1.39. The maximum Gasteiger partial charge on any atom is 0.225 e. The van der Waals surface area contributed by atoms with Gasteiger partial charge in [-0.1, -0.05) is 11.6 Å². The van der Waals surface area contributed by atoms with Crippen LogP contribution in [-0.2, 0) is 6.54 Å². The second-order valence-corrected chi connectivity index (χ2v) is 4.48. The fraction of sp³-hybridized carbons (Fsp3) is 0.286. The summed E-state index contributed by atoms with van der Waals surface area (Å²) in [4.78, 5) is 8.13. The van der Waals surface area contributed by atoms with Gasteiger partial charge < -0.3 is 19.5 Å². The average molecular weight is 310 g/mol. The van der Waals surface area contributed by atoms with Crippen molar-refractivity contribution < 1.29 is 14.2 Å². The van der Waals surface area contributed by atoms with E-state index >= 15 is 0 Å². The number of aromatic nitrogens is 2. The van der Waals surface area contributed by atoms with Crippen LogP contribution in [0.5, 0.6) is 17.5 Å². The van der Waals surface area contributed by atoms with Gasteiger partial charge in [-0.3, -0.25) is 0 Å². The molecule has 112 valence electrons. The zero-order chi connectivity index (χ0) is 15.2. The highest BCUT2D eigenvalue weighted by Crippen LogP contribution is 2.29. The van der Waals surface area contributed by atoms with Crippen LogP contribution in [-0.4, -0.2) is 31.3 Å². The van der Waals surface area contributed by atoms with Gasteiger partial charge in [0.15, 0.2) is 0 Å². The van der Waals surface area contributed by atoms with Crippen molar-refractivity contribution in [1.29, 1.82) is 0 Å². The minimum atomic E-state index is 0.440. The highest BCUT2D eigenvalue weighted by atomic mass is 35.5. The fourth-order valence-corrected chi connectivity index (χ4v) is 2.11. The quantitative estimate of drug-likeness (QED) is 0.885. The molecule has 0 fully saturated rings. The van der Waals surface area contributed by atoms with E-state index in [1.165, 1.54) is 6.33 Å². The lowest BCUT2D eigenvalue weighted by Crippen LogP contribution is -2.06. The number of anilines is 1. The zero-order valence-electron chi connectivity index (χ0n) is 12.0. The van der Waals surface area contributed by atoms with E-state index in [1.54, 1.807) is 33.5 Å². The molecule has 1 heterocycles. The van der Waals surface area contributed by atoms with E-state index in [4.69, 9.17) is 25.8 Å². The van der Waals surface area contributed by atoms with Crippen molar-refractivity contribution in [1.82, 2.24) is 9.97 Å². The molecule has 0 spiro atoms. The van der Waals surface area contributed by atoms with Crippen LogP contribution in [0.3, 0.4) is 0 Å². The summed E-state index contributed by atoms with van der Waals surface area (Å²) in [5.74, 6) is 1.56. The van der Waals surface area contributed by atoms with Crippen molar-refractivity contribution in [3.63, 3.8) is 0 Å². The van der Waals surface area contributed by atoms with Gasteiger partial charge >= 0.3 is 0 Å². The predicted molar refractivity (Wildman–Crippen MR) is 80.5 cm³/mol. The molecule has 0 radical (unpaired) electrons. The van der Waals surface area contributed by atoms with E-state index in [0.29, 0.717) is 29.1 Å². The lowest BCUT2D eigenvalue weighted by Gasteiger charge is -2.13. The molecule has 6 nitrogen and oxygen atoms in total. The Balaban J connectivity index is 2.18. The Morgan fingerprint density at radius 3 is 2.24 bits per heavy atom. The largest absolute Gasteiger partial charge is 0.495 e. The number of nitrogens with one attached hydrogen (secondary N) is 1. The average Bonchev–Trinajstić information content (AvgIpc) is 2.52. The van der Waals surface area contributed by atoms with Crippen LogP contribution in [0.25, 0.3) is 0 Å². The normalized spacial score (nSPS) is 10.1. The van der Waals surface area contributed by atoms with Gasteiger partial charge in [-0.25, -0.2) is 9.97 Å². The summed E-state index contributed by atoms with van der Waals surface area (Å²) >= 11 is 6.09. The van der Waals surface area contributed by atoms with Gasteiger partial charge in [-0.15, -0.1) is 0 Å². The van der Waals surface area contributed by atoms with Crippen molar-refractivity contribution in [3.8, 4) is 17.5 Å². The molecule has 0 amide bonds. The molecule has 0 bridgehead atoms. The first kappa shape index (κ1) is 15.2. The molecule has 0 aliphatic heterocycles. The van der Waals surface area contributed by atoms with E-state index in [-0.39, 0.29) is 0 Å². The Morgan fingerprint density at radius 2 is 1.71 bits per heavy atom. The number of methoxy groups -OCH3 is 3. The molecule has 0 atom stereocenters. The maximum atomic E-state index is 6.09. The molecule has 0 aliphatic carbocycles. The van der Waals surface area contributed by atoms with Crippen LogP contribution < -0.4 is 19.5 Å². The molecule has 2 rings (SSSR count). The molecule has 0 unspecified atom stereocenters. The molecule has 2 aromatic rings. The standard InChI is InChI=1S/C14H16ClN3O3/c1-19-12-5-4-9(6-11(12)15)16-7-10-13(20-2)17-8-18-14(10)21-3/h4-6,8,16H,7H2,1-3H3. The van der Waals surface area contributed by atoms with Gasteiger partial charge in [0.05, 0.1) is 38.5 Å². The van der Waals surface area contributed by atoms with Crippen LogP contribution in [0.4, 0.5) is 5.69 Å². The summed E-state index contributed by atoms with van der Waals surface area (Å²) in [6, 6.07) is 5.44. The first-order chi connectivity index (χ1) is 10.2. The number of nitrogens with zero attached hydrogens (tertiary/aromatic N) is 2. The summed E-state index contributed by atoms with van der Waals surface area (Å²) < 4.78 is 15.6. The van der Waals surface area contributed by atoms with Crippen molar-refractivity contribution in [3.05, 3.63) is 35.1 Å². The fourth-order valence-electron chi connectivity index (χ4n) is 1.85.